The minimum atomic E-state index is 0.0136. The summed E-state index contributed by atoms with van der Waals surface area (Å²) in [5.74, 6) is 1.11. The summed E-state index contributed by atoms with van der Waals surface area (Å²) in [6.07, 6.45) is 1.87. The summed E-state index contributed by atoms with van der Waals surface area (Å²) in [7, 11) is 1.67. The van der Waals surface area contributed by atoms with Crippen LogP contribution in [0.2, 0.25) is 0 Å². The molecule has 1 aromatic heterocycles. The third-order valence-corrected chi connectivity index (χ3v) is 5.46. The van der Waals surface area contributed by atoms with Gasteiger partial charge in [0.1, 0.15) is 5.75 Å². The molecule has 1 aliphatic heterocycles. The van der Waals surface area contributed by atoms with Gasteiger partial charge < -0.3 is 10.1 Å². The lowest BCUT2D eigenvalue weighted by Gasteiger charge is -2.19. The average Bonchev–Trinajstić information content (AvgIpc) is 3.10. The zero-order chi connectivity index (χ0) is 19.5. The third kappa shape index (κ3) is 3.85. The monoisotopic (exact) mass is 375 g/mol. The van der Waals surface area contributed by atoms with Crippen LogP contribution in [-0.2, 0) is 11.3 Å². The van der Waals surface area contributed by atoms with Gasteiger partial charge in [-0.1, -0.05) is 30.3 Å². The molecule has 1 fully saturated rings. The van der Waals surface area contributed by atoms with Gasteiger partial charge in [0, 0.05) is 50.1 Å². The number of methoxy groups -OCH3 is 1. The van der Waals surface area contributed by atoms with Gasteiger partial charge in [0.2, 0.25) is 5.91 Å². The number of fused-ring (bicyclic) bond motifs is 1. The van der Waals surface area contributed by atoms with E-state index in [1.54, 1.807) is 14.0 Å². The predicted molar refractivity (Wildman–Crippen MR) is 110 cm³/mol. The van der Waals surface area contributed by atoms with Crippen molar-refractivity contribution in [2.24, 2.45) is 0 Å². The Morgan fingerprint density at radius 3 is 2.68 bits per heavy atom. The molecular weight excluding hydrogens is 350 g/mol. The van der Waals surface area contributed by atoms with Gasteiger partial charge in [-0.05, 0) is 35.4 Å². The molecule has 4 rings (SSSR count). The standard InChI is InChI=1S/C23H25N3O2/c1-16(27)25-23-15-26(14-21(23)17-7-9-19(28-2)10-8-17)13-18-11-12-24-22-6-4-3-5-20(18)22/h3-12,21,23H,13-15H2,1-2H3,(H,25,27)/t21-,23+/m0/s1. The number of hydrogen-bond donors (Lipinski definition) is 1. The van der Waals surface area contributed by atoms with Crippen molar-refractivity contribution in [3.63, 3.8) is 0 Å². The molecule has 0 radical (unpaired) electrons. The summed E-state index contributed by atoms with van der Waals surface area (Å²) in [4.78, 5) is 18.6. The largest absolute Gasteiger partial charge is 0.497 e. The zero-order valence-corrected chi connectivity index (χ0v) is 16.3. The quantitative estimate of drug-likeness (QED) is 0.743. The molecule has 1 saturated heterocycles. The van der Waals surface area contributed by atoms with E-state index in [9.17, 15) is 4.79 Å². The van der Waals surface area contributed by atoms with Crippen molar-refractivity contribution in [3.05, 3.63) is 71.9 Å². The first-order valence-corrected chi connectivity index (χ1v) is 9.60. The summed E-state index contributed by atoms with van der Waals surface area (Å²) < 4.78 is 5.28. The maximum atomic E-state index is 11.8. The lowest BCUT2D eigenvalue weighted by Crippen LogP contribution is -2.38. The number of nitrogens with one attached hydrogen (secondary N) is 1. The second-order valence-electron chi connectivity index (χ2n) is 7.37. The third-order valence-electron chi connectivity index (χ3n) is 5.46. The number of ether oxygens (including phenoxy) is 1. The first-order valence-electron chi connectivity index (χ1n) is 9.60. The number of carbonyl (C=O) groups excluding carboxylic acids is 1. The first-order chi connectivity index (χ1) is 13.6. The molecule has 1 amide bonds. The first kappa shape index (κ1) is 18.4. The van der Waals surface area contributed by atoms with Crippen molar-refractivity contribution in [1.29, 1.82) is 0 Å². The summed E-state index contributed by atoms with van der Waals surface area (Å²) in [6, 6.07) is 18.6. The van der Waals surface area contributed by atoms with Crippen molar-refractivity contribution >= 4 is 16.8 Å². The molecule has 5 nitrogen and oxygen atoms in total. The fraction of sp³-hybridized carbons (Fsp3) is 0.304. The number of amides is 1. The zero-order valence-electron chi connectivity index (χ0n) is 16.3. The van der Waals surface area contributed by atoms with E-state index in [1.807, 2.05) is 30.5 Å². The van der Waals surface area contributed by atoms with Crippen LogP contribution >= 0.6 is 0 Å². The van der Waals surface area contributed by atoms with Crippen LogP contribution in [0.4, 0.5) is 0 Å². The molecule has 28 heavy (non-hydrogen) atoms. The van der Waals surface area contributed by atoms with Crippen molar-refractivity contribution in [2.45, 2.75) is 25.4 Å². The number of pyridine rings is 1. The smallest absolute Gasteiger partial charge is 0.217 e. The maximum Gasteiger partial charge on any atom is 0.217 e. The van der Waals surface area contributed by atoms with Crippen LogP contribution in [0, 0.1) is 0 Å². The Morgan fingerprint density at radius 1 is 1.14 bits per heavy atom. The van der Waals surface area contributed by atoms with Gasteiger partial charge in [-0.2, -0.15) is 0 Å². The van der Waals surface area contributed by atoms with E-state index < -0.39 is 0 Å². The highest BCUT2D eigenvalue weighted by Crippen LogP contribution is 2.31. The molecule has 1 N–H and O–H groups in total. The Labute approximate surface area is 165 Å². The van der Waals surface area contributed by atoms with E-state index in [4.69, 9.17) is 4.74 Å². The number of aromatic nitrogens is 1. The van der Waals surface area contributed by atoms with E-state index >= 15 is 0 Å². The average molecular weight is 375 g/mol. The molecule has 2 aromatic carbocycles. The molecule has 0 bridgehead atoms. The van der Waals surface area contributed by atoms with Gasteiger partial charge in [-0.25, -0.2) is 0 Å². The van der Waals surface area contributed by atoms with Crippen LogP contribution in [0.5, 0.6) is 5.75 Å². The van der Waals surface area contributed by atoms with Crippen LogP contribution in [0.25, 0.3) is 10.9 Å². The Morgan fingerprint density at radius 2 is 1.93 bits per heavy atom. The molecule has 3 aromatic rings. The van der Waals surface area contributed by atoms with Crippen LogP contribution < -0.4 is 10.1 Å². The highest BCUT2D eigenvalue weighted by molar-refractivity contribution is 5.81. The lowest BCUT2D eigenvalue weighted by molar-refractivity contribution is -0.119. The predicted octanol–water partition coefficient (Wildman–Crippen LogP) is 3.35. The van der Waals surface area contributed by atoms with Gasteiger partial charge in [-0.3, -0.25) is 14.7 Å². The highest BCUT2D eigenvalue weighted by atomic mass is 16.5. The second-order valence-corrected chi connectivity index (χ2v) is 7.37. The van der Waals surface area contributed by atoms with Crippen molar-refractivity contribution in [2.75, 3.05) is 20.2 Å². The lowest BCUT2D eigenvalue weighted by atomic mass is 9.94. The molecule has 0 saturated carbocycles. The van der Waals surface area contributed by atoms with Crippen molar-refractivity contribution < 1.29 is 9.53 Å². The number of carbonyl (C=O) groups is 1. The molecule has 0 spiro atoms. The second kappa shape index (κ2) is 7.98. The van der Waals surface area contributed by atoms with E-state index in [0.717, 1.165) is 30.9 Å². The van der Waals surface area contributed by atoms with E-state index in [1.165, 1.54) is 16.5 Å². The van der Waals surface area contributed by atoms with Crippen LogP contribution in [0.15, 0.2) is 60.8 Å². The van der Waals surface area contributed by atoms with Gasteiger partial charge in [0.15, 0.2) is 0 Å². The normalized spacial score (nSPS) is 19.6. The number of benzene rings is 2. The molecule has 2 atom stereocenters. The van der Waals surface area contributed by atoms with E-state index in [0.29, 0.717) is 0 Å². The molecule has 0 unspecified atom stereocenters. The van der Waals surface area contributed by atoms with E-state index in [2.05, 4.69) is 45.5 Å². The summed E-state index contributed by atoms with van der Waals surface area (Å²) >= 11 is 0. The molecule has 2 heterocycles. The molecular formula is C23H25N3O2. The van der Waals surface area contributed by atoms with Gasteiger partial charge in [0.05, 0.1) is 12.6 Å². The Kier molecular flexibility index (Phi) is 5.26. The number of likely N-dealkylation sites (tertiary alicyclic amines) is 1. The summed E-state index contributed by atoms with van der Waals surface area (Å²) in [5, 5.41) is 4.34. The summed E-state index contributed by atoms with van der Waals surface area (Å²) in [5.41, 5.74) is 3.51. The minimum Gasteiger partial charge on any atom is -0.497 e. The Bertz CT molecular complexity index is 966. The van der Waals surface area contributed by atoms with Crippen LogP contribution in [-0.4, -0.2) is 42.0 Å². The van der Waals surface area contributed by atoms with Crippen LogP contribution in [0.3, 0.4) is 0 Å². The van der Waals surface area contributed by atoms with Gasteiger partial charge >= 0.3 is 0 Å². The maximum absolute atomic E-state index is 11.8. The summed E-state index contributed by atoms with van der Waals surface area (Å²) in [6.45, 7) is 4.15. The number of hydrogen-bond acceptors (Lipinski definition) is 4. The molecule has 0 aliphatic carbocycles. The van der Waals surface area contributed by atoms with Gasteiger partial charge in [0.25, 0.3) is 0 Å². The number of para-hydroxylation sites is 1. The Hall–Kier alpha value is -2.92. The van der Waals surface area contributed by atoms with Gasteiger partial charge in [-0.15, -0.1) is 0 Å². The van der Waals surface area contributed by atoms with Crippen molar-refractivity contribution in [1.82, 2.24) is 15.2 Å². The highest BCUT2D eigenvalue weighted by Gasteiger charge is 2.34. The molecule has 1 aliphatic rings. The SMILES string of the molecule is COc1ccc([C@@H]2CN(Cc3ccnc4ccccc34)C[C@H]2NC(C)=O)cc1. The fourth-order valence-electron chi connectivity index (χ4n) is 4.14. The Balaban J connectivity index is 1.57. The fourth-order valence-corrected chi connectivity index (χ4v) is 4.14. The minimum absolute atomic E-state index is 0.0136. The van der Waals surface area contributed by atoms with Crippen LogP contribution in [0.1, 0.15) is 24.0 Å². The number of nitrogens with zero attached hydrogens (tertiary/aromatic N) is 2. The number of rotatable bonds is 5. The van der Waals surface area contributed by atoms with Crippen molar-refractivity contribution in [3.8, 4) is 5.75 Å². The molecule has 5 heteroatoms. The molecule has 144 valence electrons. The van der Waals surface area contributed by atoms with E-state index in [-0.39, 0.29) is 17.9 Å². The topological polar surface area (TPSA) is 54.5 Å².